The van der Waals surface area contributed by atoms with Crippen molar-refractivity contribution in [2.75, 3.05) is 6.16 Å². The summed E-state index contributed by atoms with van der Waals surface area (Å²) in [6.45, 7) is 8.62. The van der Waals surface area contributed by atoms with Gasteiger partial charge in [0.15, 0.2) is 0 Å². The summed E-state index contributed by atoms with van der Waals surface area (Å²) in [6, 6.07) is 26.2. The van der Waals surface area contributed by atoms with Gasteiger partial charge in [-0.25, -0.2) is 0 Å². The van der Waals surface area contributed by atoms with Gasteiger partial charge in [0, 0.05) is 16.8 Å². The summed E-state index contributed by atoms with van der Waals surface area (Å²) in [5.41, 5.74) is 4.18. The van der Waals surface area contributed by atoms with Crippen molar-refractivity contribution in [3.63, 3.8) is 0 Å². The van der Waals surface area contributed by atoms with Gasteiger partial charge in [-0.05, 0) is 43.9 Å². The lowest BCUT2D eigenvalue weighted by molar-refractivity contribution is 0.584. The minimum Gasteiger partial charge on any atom is -0.314 e. The van der Waals surface area contributed by atoms with Crippen LogP contribution in [0.25, 0.3) is 0 Å². The highest BCUT2D eigenvalue weighted by atomic mass is 31.2. The quantitative estimate of drug-likeness (QED) is 0.333. The minimum absolute atomic E-state index is 0.773. The third-order valence-electron chi connectivity index (χ3n) is 5.30. The number of hydrogen-bond acceptors (Lipinski definition) is 1. The number of rotatable bonds is 6. The smallest absolute Gasteiger partial charge is 0.143 e. The van der Waals surface area contributed by atoms with Crippen LogP contribution in [0.4, 0.5) is 0 Å². The van der Waals surface area contributed by atoms with Crippen molar-refractivity contribution in [1.82, 2.24) is 0 Å². The molecule has 3 aromatic rings. The van der Waals surface area contributed by atoms with Crippen molar-refractivity contribution in [3.8, 4) is 0 Å². The molecule has 2 heteroatoms. The van der Waals surface area contributed by atoms with Gasteiger partial charge < -0.3 is 4.57 Å². The highest BCUT2D eigenvalue weighted by Crippen LogP contribution is 2.44. The molecule has 3 rings (SSSR count). The Morgan fingerprint density at radius 1 is 0.643 bits per heavy atom. The maximum atomic E-state index is 13.5. The van der Waals surface area contributed by atoms with E-state index in [1.165, 1.54) is 16.7 Å². The second-order valence-electron chi connectivity index (χ2n) is 7.36. The summed E-state index contributed by atoms with van der Waals surface area (Å²) in [7, 11) is -2.45. The average molecular weight is 393 g/mol. The van der Waals surface area contributed by atoms with E-state index in [0.717, 1.165) is 36.0 Å². The molecule has 0 aliphatic rings. The Morgan fingerprint density at radius 2 is 1.11 bits per heavy atom. The van der Waals surface area contributed by atoms with Gasteiger partial charge in [0.05, 0.1) is 0 Å². The molecule has 0 radical (unpaired) electrons. The predicted molar refractivity (Wildman–Crippen MR) is 125 cm³/mol. The monoisotopic (exact) mass is 392 g/mol. The second kappa shape index (κ2) is 11.0. The number of unbranched alkanes of at least 4 members (excludes halogenated alkanes) is 2. The Hall–Kier alpha value is -2.11. The van der Waals surface area contributed by atoms with Gasteiger partial charge in [0.2, 0.25) is 0 Å². The minimum atomic E-state index is -2.45. The molecule has 0 aliphatic heterocycles. The molecule has 0 amide bonds. The van der Waals surface area contributed by atoms with E-state index in [4.69, 9.17) is 0 Å². The Morgan fingerprint density at radius 3 is 1.50 bits per heavy atom. The van der Waals surface area contributed by atoms with E-state index in [2.05, 4.69) is 45.9 Å². The summed E-state index contributed by atoms with van der Waals surface area (Å²) in [4.78, 5) is 0. The van der Waals surface area contributed by atoms with Crippen molar-refractivity contribution in [2.24, 2.45) is 0 Å². The fourth-order valence-electron chi connectivity index (χ4n) is 3.23. The van der Waals surface area contributed by atoms with Gasteiger partial charge in [0.25, 0.3) is 0 Å². The van der Waals surface area contributed by atoms with Crippen molar-refractivity contribution >= 4 is 17.8 Å². The molecule has 0 spiro atoms. The zero-order valence-corrected chi connectivity index (χ0v) is 18.6. The fourth-order valence-corrected chi connectivity index (χ4v) is 6.02. The van der Waals surface area contributed by atoms with E-state index in [0.29, 0.717) is 0 Å². The van der Waals surface area contributed by atoms with E-state index >= 15 is 0 Å². The average Bonchev–Trinajstić information content (AvgIpc) is 2.74. The molecule has 0 bridgehead atoms. The Kier molecular flexibility index (Phi) is 8.74. The summed E-state index contributed by atoms with van der Waals surface area (Å²) in [5, 5.41) is 1.97. The van der Waals surface area contributed by atoms with Crippen LogP contribution in [0.15, 0.2) is 78.9 Å². The zero-order chi connectivity index (χ0) is 20.4. The first-order valence-corrected chi connectivity index (χ1v) is 12.1. The van der Waals surface area contributed by atoms with Crippen molar-refractivity contribution in [2.45, 2.75) is 47.0 Å². The first-order chi connectivity index (χ1) is 13.5. The summed E-state index contributed by atoms with van der Waals surface area (Å²) < 4.78 is 13.5. The van der Waals surface area contributed by atoms with Crippen LogP contribution in [0, 0.1) is 20.8 Å². The first kappa shape index (κ1) is 22.2. The number of benzene rings is 3. The third-order valence-corrected chi connectivity index (χ3v) is 8.51. The topological polar surface area (TPSA) is 17.1 Å². The lowest BCUT2D eigenvalue weighted by Gasteiger charge is -2.19. The van der Waals surface area contributed by atoms with Gasteiger partial charge in [-0.2, -0.15) is 0 Å². The van der Waals surface area contributed by atoms with E-state index in [1.54, 1.807) is 0 Å². The molecule has 3 aromatic carbocycles. The van der Waals surface area contributed by atoms with Crippen LogP contribution in [0.2, 0.25) is 0 Å². The largest absolute Gasteiger partial charge is 0.314 e. The van der Waals surface area contributed by atoms with Gasteiger partial charge in [0.1, 0.15) is 7.14 Å². The van der Waals surface area contributed by atoms with Crippen LogP contribution in [0.1, 0.15) is 42.9 Å². The predicted octanol–water partition coefficient (Wildman–Crippen LogP) is 6.80. The van der Waals surface area contributed by atoms with Gasteiger partial charge in [-0.15, -0.1) is 0 Å². The normalized spacial score (nSPS) is 10.9. The molecule has 0 fully saturated rings. The maximum Gasteiger partial charge on any atom is 0.143 e. The molecule has 0 heterocycles. The molecule has 0 atom stereocenters. The van der Waals surface area contributed by atoms with Crippen LogP contribution in [0.3, 0.4) is 0 Å². The zero-order valence-electron chi connectivity index (χ0n) is 17.7. The molecule has 148 valence electrons. The summed E-state index contributed by atoms with van der Waals surface area (Å²) >= 11 is 0. The van der Waals surface area contributed by atoms with Gasteiger partial charge in [-0.3, -0.25) is 0 Å². The van der Waals surface area contributed by atoms with Crippen molar-refractivity contribution in [1.29, 1.82) is 0 Å². The Bertz CT molecular complexity index is 821. The lowest BCUT2D eigenvalue weighted by Crippen LogP contribution is -2.18. The van der Waals surface area contributed by atoms with Crippen LogP contribution in [-0.4, -0.2) is 6.16 Å². The third kappa shape index (κ3) is 5.94. The molecular weight excluding hydrogens is 359 g/mol. The second-order valence-corrected chi connectivity index (χ2v) is 10.3. The Labute approximate surface area is 171 Å². The van der Waals surface area contributed by atoms with Crippen LogP contribution in [-0.2, 0) is 4.57 Å². The fraction of sp³-hybridized carbons (Fsp3) is 0.308. The highest BCUT2D eigenvalue weighted by Gasteiger charge is 2.25. The molecule has 1 nitrogen and oxygen atoms in total. The van der Waals surface area contributed by atoms with E-state index in [1.807, 2.05) is 60.7 Å². The molecule has 0 saturated heterocycles. The van der Waals surface area contributed by atoms with Crippen molar-refractivity contribution < 1.29 is 4.57 Å². The molecule has 0 aromatic heterocycles. The SMILES string of the molecule is CCCCCP(=O)(c1ccccc1)c1ccccc1.Cc1cccc(C)c1C. The molecule has 0 aliphatic carbocycles. The Balaban J connectivity index is 0.000000261. The molecule has 0 unspecified atom stereocenters. The number of hydrogen-bond donors (Lipinski definition) is 0. The maximum absolute atomic E-state index is 13.5. The molecular formula is C26H33OP. The standard InChI is InChI=1S/C17H21OP.C9H12/c1-2-3-10-15-19(18,16-11-6-4-7-12-16)17-13-8-5-9-14-17;1-7-5-4-6-8(2)9(7)3/h4-9,11-14H,2-3,10,15H2,1H3;4-6H,1-3H3. The number of aryl methyl sites for hydroxylation is 2. The summed E-state index contributed by atoms with van der Waals surface area (Å²) in [5.74, 6) is 0. The van der Waals surface area contributed by atoms with Crippen LogP contribution in [0.5, 0.6) is 0 Å². The van der Waals surface area contributed by atoms with Crippen molar-refractivity contribution in [3.05, 3.63) is 95.6 Å². The van der Waals surface area contributed by atoms with E-state index < -0.39 is 7.14 Å². The van der Waals surface area contributed by atoms with E-state index in [-0.39, 0.29) is 0 Å². The molecule has 0 N–H and O–H groups in total. The van der Waals surface area contributed by atoms with E-state index in [9.17, 15) is 4.57 Å². The summed E-state index contributed by atoms with van der Waals surface area (Å²) in [6.07, 6.45) is 4.10. The highest BCUT2D eigenvalue weighted by molar-refractivity contribution is 7.78. The first-order valence-electron chi connectivity index (χ1n) is 10.2. The lowest BCUT2D eigenvalue weighted by atomic mass is 10.1. The molecule has 28 heavy (non-hydrogen) atoms. The van der Waals surface area contributed by atoms with Crippen LogP contribution >= 0.6 is 7.14 Å². The van der Waals surface area contributed by atoms with Crippen LogP contribution < -0.4 is 10.6 Å². The van der Waals surface area contributed by atoms with Gasteiger partial charge >= 0.3 is 0 Å². The van der Waals surface area contributed by atoms with Gasteiger partial charge in [-0.1, -0.05) is 98.6 Å². The molecule has 0 saturated carbocycles.